The van der Waals surface area contributed by atoms with Crippen molar-refractivity contribution in [1.82, 2.24) is 4.98 Å². The molecule has 2 aromatic heterocycles. The minimum Gasteiger partial charge on any atom is -0.460 e. The molecule has 0 saturated heterocycles. The molecule has 0 atom stereocenters. The first kappa shape index (κ1) is 17.4. The number of nitrogens with zero attached hydrogens (tertiary/aromatic N) is 2. The van der Waals surface area contributed by atoms with Crippen molar-refractivity contribution < 1.29 is 4.42 Å². The van der Waals surface area contributed by atoms with Crippen LogP contribution in [0.2, 0.25) is 0 Å². The number of aryl methyl sites for hydroxylation is 1. The molecule has 3 rings (SSSR count). The van der Waals surface area contributed by atoms with E-state index < -0.39 is 0 Å². The molecule has 0 saturated carbocycles. The van der Waals surface area contributed by atoms with Crippen LogP contribution in [0.4, 0.5) is 5.13 Å². The van der Waals surface area contributed by atoms with E-state index in [4.69, 9.17) is 4.42 Å². The summed E-state index contributed by atoms with van der Waals surface area (Å²) in [5.41, 5.74) is 5.78. The Kier molecular flexibility index (Phi) is 5.74. The summed E-state index contributed by atoms with van der Waals surface area (Å²) in [4.78, 5) is 4.54. The molecule has 0 radical (unpaired) electrons. The van der Waals surface area contributed by atoms with E-state index in [1.165, 1.54) is 11.3 Å². The number of benzene rings is 1. The van der Waals surface area contributed by atoms with Crippen molar-refractivity contribution in [3.63, 3.8) is 0 Å². The van der Waals surface area contributed by atoms with E-state index in [2.05, 4.69) is 31.4 Å². The molecule has 0 bridgehead atoms. The van der Waals surface area contributed by atoms with Crippen molar-refractivity contribution in [3.8, 4) is 11.3 Å². The average molecular weight is 392 g/mol. The zero-order valence-corrected chi connectivity index (χ0v) is 14.5. The quantitative estimate of drug-likeness (QED) is 0.441. The second kappa shape index (κ2) is 7.57. The third-order valence-electron chi connectivity index (χ3n) is 3.06. The van der Waals surface area contributed by atoms with Crippen LogP contribution in [0.5, 0.6) is 0 Å². The Labute approximate surface area is 148 Å². The zero-order chi connectivity index (χ0) is 15.5. The number of hydrogen-bond donors (Lipinski definition) is 1. The molecule has 23 heavy (non-hydrogen) atoms. The molecule has 2 heterocycles. The molecule has 0 aliphatic carbocycles. The van der Waals surface area contributed by atoms with Gasteiger partial charge < -0.3 is 4.42 Å². The molecule has 120 valence electrons. The van der Waals surface area contributed by atoms with E-state index in [0.717, 1.165) is 38.1 Å². The van der Waals surface area contributed by atoms with Gasteiger partial charge in [0.1, 0.15) is 17.2 Å². The molecule has 0 fully saturated rings. The summed E-state index contributed by atoms with van der Waals surface area (Å²) < 4.78 is 6.58. The lowest BCUT2D eigenvalue weighted by Gasteiger charge is -1.98. The molecule has 0 spiro atoms. The first-order chi connectivity index (χ1) is 10.6. The van der Waals surface area contributed by atoms with Crippen LogP contribution >= 0.6 is 27.3 Å². The highest BCUT2D eigenvalue weighted by Gasteiger charge is 2.05. The van der Waals surface area contributed by atoms with Crippen molar-refractivity contribution >= 4 is 38.1 Å². The van der Waals surface area contributed by atoms with Crippen LogP contribution in [-0.2, 0) is 0 Å². The van der Waals surface area contributed by atoms with Gasteiger partial charge in [-0.1, -0.05) is 35.5 Å². The molecule has 0 unspecified atom stereocenters. The van der Waals surface area contributed by atoms with Crippen molar-refractivity contribution in [3.05, 3.63) is 57.8 Å². The molecule has 1 aromatic carbocycles. The van der Waals surface area contributed by atoms with E-state index in [1.807, 2.05) is 55.6 Å². The van der Waals surface area contributed by atoms with Crippen molar-refractivity contribution in [1.29, 1.82) is 0 Å². The van der Waals surface area contributed by atoms with Gasteiger partial charge in [0.25, 0.3) is 0 Å². The van der Waals surface area contributed by atoms with Crippen molar-refractivity contribution in [2.45, 2.75) is 21.3 Å². The number of aromatic nitrogens is 1. The fraction of sp³-hybridized carbons (Fsp3) is 0.176. The summed E-state index contributed by atoms with van der Waals surface area (Å²) in [6.07, 6.45) is 0. The van der Waals surface area contributed by atoms with Gasteiger partial charge in [-0.3, -0.25) is 5.43 Å². The fourth-order valence-corrected chi connectivity index (χ4v) is 2.82. The van der Waals surface area contributed by atoms with Crippen LogP contribution in [0.1, 0.15) is 25.9 Å². The number of hydrogen-bond acceptors (Lipinski definition) is 5. The third-order valence-corrected chi connectivity index (χ3v) is 4.34. The molecule has 6 heteroatoms. The number of anilines is 1. The Balaban J connectivity index is 0.00000192. The number of rotatable bonds is 4. The molecule has 0 aliphatic heterocycles. The summed E-state index contributed by atoms with van der Waals surface area (Å²) in [7, 11) is 0. The summed E-state index contributed by atoms with van der Waals surface area (Å²) in [5.74, 6) is 1.63. The van der Waals surface area contributed by atoms with Gasteiger partial charge in [-0.2, -0.15) is 5.10 Å². The summed E-state index contributed by atoms with van der Waals surface area (Å²) in [6, 6.07) is 11.9. The summed E-state index contributed by atoms with van der Waals surface area (Å²) in [5, 5.41) is 7.07. The minimum absolute atomic E-state index is 0. The summed E-state index contributed by atoms with van der Waals surface area (Å²) >= 11 is 4.95. The van der Waals surface area contributed by atoms with E-state index in [-0.39, 0.29) is 7.43 Å². The van der Waals surface area contributed by atoms with E-state index >= 15 is 0 Å². The number of thiazole rings is 1. The Morgan fingerprint density at radius 1 is 1.22 bits per heavy atom. The third kappa shape index (κ3) is 4.30. The molecule has 1 N–H and O–H groups in total. The maximum atomic E-state index is 5.53. The van der Waals surface area contributed by atoms with Crippen LogP contribution in [-0.4, -0.2) is 10.7 Å². The number of furan rings is 1. The average Bonchev–Trinajstić information content (AvgIpc) is 3.15. The molecular formula is C17H18BrN3OS. The zero-order valence-electron chi connectivity index (χ0n) is 12.1. The Morgan fingerprint density at radius 2 is 1.96 bits per heavy atom. The molecule has 0 amide bonds. The van der Waals surface area contributed by atoms with E-state index in [1.54, 1.807) is 0 Å². The lowest BCUT2D eigenvalue weighted by Crippen LogP contribution is -1.97. The van der Waals surface area contributed by atoms with Gasteiger partial charge in [-0.15, -0.1) is 11.3 Å². The van der Waals surface area contributed by atoms with Gasteiger partial charge in [-0.05, 0) is 38.1 Å². The molecule has 4 nitrogen and oxygen atoms in total. The number of hydrazone groups is 1. The van der Waals surface area contributed by atoms with Crippen LogP contribution in [0.15, 0.2) is 55.8 Å². The SMILES string of the molecule is C.C/C(=N\Nc1nc(-c2ccc(Br)cc2)cs1)c1ccc(C)o1. The first-order valence-electron chi connectivity index (χ1n) is 6.70. The lowest BCUT2D eigenvalue weighted by molar-refractivity contribution is 0.525. The molecule has 0 aliphatic rings. The second-order valence-corrected chi connectivity index (χ2v) is 6.54. The predicted molar refractivity (Wildman–Crippen MR) is 101 cm³/mol. The summed E-state index contributed by atoms with van der Waals surface area (Å²) in [6.45, 7) is 3.81. The maximum Gasteiger partial charge on any atom is 0.203 e. The standard InChI is InChI=1S/C16H14BrN3OS.CH4/c1-10-3-8-15(21-10)11(2)19-20-16-18-14(9-22-16)12-4-6-13(17)7-5-12;/h3-9H,1-2H3,(H,18,20);1H4/b19-11+;. The predicted octanol–water partition coefficient (Wildman–Crippen LogP) is 5.95. The van der Waals surface area contributed by atoms with Crippen LogP contribution in [0.25, 0.3) is 11.3 Å². The Morgan fingerprint density at radius 3 is 2.61 bits per heavy atom. The smallest absolute Gasteiger partial charge is 0.203 e. The van der Waals surface area contributed by atoms with Crippen molar-refractivity contribution in [2.75, 3.05) is 5.43 Å². The van der Waals surface area contributed by atoms with Gasteiger partial charge in [0.15, 0.2) is 0 Å². The normalized spacial score (nSPS) is 11.2. The van der Waals surface area contributed by atoms with Gasteiger partial charge in [0.05, 0.1) is 5.69 Å². The van der Waals surface area contributed by atoms with Crippen LogP contribution in [0, 0.1) is 6.92 Å². The Hall–Kier alpha value is -1.92. The van der Waals surface area contributed by atoms with Gasteiger partial charge in [-0.25, -0.2) is 4.98 Å². The van der Waals surface area contributed by atoms with Crippen LogP contribution in [0.3, 0.4) is 0 Å². The van der Waals surface area contributed by atoms with E-state index in [0.29, 0.717) is 0 Å². The second-order valence-electron chi connectivity index (χ2n) is 4.76. The maximum absolute atomic E-state index is 5.53. The van der Waals surface area contributed by atoms with Crippen molar-refractivity contribution in [2.24, 2.45) is 5.10 Å². The first-order valence-corrected chi connectivity index (χ1v) is 8.37. The molecule has 3 aromatic rings. The van der Waals surface area contributed by atoms with Gasteiger partial charge >= 0.3 is 0 Å². The van der Waals surface area contributed by atoms with Crippen LogP contribution < -0.4 is 5.43 Å². The lowest BCUT2D eigenvalue weighted by atomic mass is 10.2. The number of nitrogens with one attached hydrogen (secondary N) is 1. The number of halogens is 1. The fourth-order valence-electron chi connectivity index (χ4n) is 1.89. The largest absolute Gasteiger partial charge is 0.460 e. The van der Waals surface area contributed by atoms with Gasteiger partial charge in [0.2, 0.25) is 5.13 Å². The van der Waals surface area contributed by atoms with E-state index in [9.17, 15) is 0 Å². The van der Waals surface area contributed by atoms with Gasteiger partial charge in [0, 0.05) is 15.4 Å². The Bertz CT molecular complexity index is 805. The highest BCUT2D eigenvalue weighted by molar-refractivity contribution is 9.10. The molecular weight excluding hydrogens is 374 g/mol. The highest BCUT2D eigenvalue weighted by atomic mass is 79.9. The monoisotopic (exact) mass is 391 g/mol. The highest BCUT2D eigenvalue weighted by Crippen LogP contribution is 2.26. The topological polar surface area (TPSA) is 50.4 Å². The minimum atomic E-state index is 0.